The van der Waals surface area contributed by atoms with Crippen molar-refractivity contribution in [3.8, 4) is 11.5 Å². The predicted octanol–water partition coefficient (Wildman–Crippen LogP) is 2.97. The third kappa shape index (κ3) is 4.68. The van der Waals surface area contributed by atoms with Gasteiger partial charge in [-0.1, -0.05) is 43.0 Å². The third-order valence-corrected chi connectivity index (χ3v) is 4.77. The molecule has 7 heteroatoms. The van der Waals surface area contributed by atoms with Gasteiger partial charge in [0.2, 0.25) is 0 Å². The number of urea groups is 1. The van der Waals surface area contributed by atoms with Crippen LogP contribution < -0.4 is 20.1 Å². The molecule has 0 aromatic heterocycles. The van der Waals surface area contributed by atoms with Gasteiger partial charge in [0.05, 0.1) is 26.9 Å². The van der Waals surface area contributed by atoms with Gasteiger partial charge in [0.15, 0.2) is 11.5 Å². The van der Waals surface area contributed by atoms with Crippen molar-refractivity contribution < 1.29 is 23.8 Å². The molecule has 0 spiro atoms. The third-order valence-electron chi connectivity index (χ3n) is 4.77. The second-order valence-corrected chi connectivity index (χ2v) is 6.60. The number of hydrogen-bond acceptors (Lipinski definition) is 5. The molecule has 1 aliphatic rings. The molecule has 1 aliphatic heterocycles. The van der Waals surface area contributed by atoms with Crippen molar-refractivity contribution in [1.29, 1.82) is 0 Å². The average Bonchev–Trinajstić information content (AvgIpc) is 2.73. The van der Waals surface area contributed by atoms with Crippen molar-refractivity contribution in [3.63, 3.8) is 0 Å². The van der Waals surface area contributed by atoms with Crippen molar-refractivity contribution >= 4 is 12.0 Å². The molecule has 2 amide bonds. The van der Waals surface area contributed by atoms with E-state index in [1.165, 1.54) is 7.11 Å². The second kappa shape index (κ2) is 9.14. The summed E-state index contributed by atoms with van der Waals surface area (Å²) in [6, 6.07) is 13.9. The molecule has 2 aromatic rings. The number of carbonyl (C=O) groups excluding carboxylic acids is 2. The summed E-state index contributed by atoms with van der Waals surface area (Å²) in [6.45, 7) is 4.09. The van der Waals surface area contributed by atoms with E-state index in [4.69, 9.17) is 14.2 Å². The first kappa shape index (κ1) is 20.3. The molecule has 2 unspecified atom stereocenters. The van der Waals surface area contributed by atoms with Crippen LogP contribution in [0.4, 0.5) is 4.79 Å². The number of carbonyl (C=O) groups is 2. The molecule has 0 aliphatic carbocycles. The SMILES string of the molecule is C=C1NC(=O)NC(c2ccc(OC)c(OC)c2)C1C(=O)OCCc1ccccc1. The molecule has 1 saturated heterocycles. The van der Waals surface area contributed by atoms with Crippen LogP contribution in [0, 0.1) is 5.92 Å². The fraction of sp³-hybridized carbons (Fsp3) is 0.273. The lowest BCUT2D eigenvalue weighted by Gasteiger charge is -2.33. The van der Waals surface area contributed by atoms with Crippen LogP contribution >= 0.6 is 0 Å². The minimum Gasteiger partial charge on any atom is -0.493 e. The van der Waals surface area contributed by atoms with E-state index in [0.717, 1.165) is 5.56 Å². The van der Waals surface area contributed by atoms with Gasteiger partial charge in [-0.05, 0) is 23.3 Å². The minimum absolute atomic E-state index is 0.235. The predicted molar refractivity (Wildman–Crippen MR) is 108 cm³/mol. The number of ether oxygens (including phenoxy) is 3. The fourth-order valence-corrected chi connectivity index (χ4v) is 3.29. The van der Waals surface area contributed by atoms with Crippen LogP contribution in [-0.2, 0) is 16.0 Å². The molecule has 1 heterocycles. The molecule has 0 saturated carbocycles. The van der Waals surface area contributed by atoms with Crippen molar-refractivity contribution in [2.24, 2.45) is 5.92 Å². The number of nitrogens with one attached hydrogen (secondary N) is 2. The number of esters is 1. The summed E-state index contributed by atoms with van der Waals surface area (Å²) in [5, 5.41) is 5.35. The first-order chi connectivity index (χ1) is 14.0. The zero-order valence-electron chi connectivity index (χ0n) is 16.4. The Hall–Kier alpha value is -3.48. The Morgan fingerprint density at radius 1 is 1.07 bits per heavy atom. The van der Waals surface area contributed by atoms with Gasteiger partial charge in [-0.2, -0.15) is 0 Å². The fourth-order valence-electron chi connectivity index (χ4n) is 3.29. The van der Waals surface area contributed by atoms with E-state index < -0.39 is 24.0 Å². The van der Waals surface area contributed by atoms with E-state index in [1.54, 1.807) is 25.3 Å². The van der Waals surface area contributed by atoms with Gasteiger partial charge in [0.1, 0.15) is 5.92 Å². The smallest absolute Gasteiger partial charge is 0.319 e. The van der Waals surface area contributed by atoms with E-state index in [0.29, 0.717) is 29.2 Å². The highest BCUT2D eigenvalue weighted by molar-refractivity contribution is 5.85. The quantitative estimate of drug-likeness (QED) is 0.703. The maximum Gasteiger partial charge on any atom is 0.319 e. The molecular formula is C22H24N2O5. The van der Waals surface area contributed by atoms with Crippen LogP contribution in [-0.4, -0.2) is 32.8 Å². The maximum absolute atomic E-state index is 12.8. The maximum atomic E-state index is 12.8. The lowest BCUT2D eigenvalue weighted by atomic mass is 9.89. The van der Waals surface area contributed by atoms with Gasteiger partial charge in [-0.25, -0.2) is 4.79 Å². The number of hydrogen-bond donors (Lipinski definition) is 2. The molecule has 2 atom stereocenters. The molecule has 7 nitrogen and oxygen atoms in total. The lowest BCUT2D eigenvalue weighted by molar-refractivity contribution is -0.148. The van der Waals surface area contributed by atoms with Crippen LogP contribution in [0.2, 0.25) is 0 Å². The van der Waals surface area contributed by atoms with E-state index in [-0.39, 0.29) is 6.61 Å². The summed E-state index contributed by atoms with van der Waals surface area (Å²) in [7, 11) is 3.06. The van der Waals surface area contributed by atoms with Gasteiger partial charge in [0.25, 0.3) is 0 Å². The Morgan fingerprint density at radius 2 is 1.79 bits per heavy atom. The van der Waals surface area contributed by atoms with E-state index in [2.05, 4.69) is 17.2 Å². The molecular weight excluding hydrogens is 372 g/mol. The Kier molecular flexibility index (Phi) is 6.39. The van der Waals surface area contributed by atoms with Gasteiger partial charge < -0.3 is 24.8 Å². The highest BCUT2D eigenvalue weighted by Gasteiger charge is 2.39. The molecule has 1 fully saturated rings. The van der Waals surface area contributed by atoms with E-state index in [1.807, 2.05) is 30.3 Å². The van der Waals surface area contributed by atoms with Crippen molar-refractivity contribution in [3.05, 3.63) is 71.9 Å². The molecule has 152 valence electrons. The van der Waals surface area contributed by atoms with Gasteiger partial charge in [-0.15, -0.1) is 0 Å². The highest BCUT2D eigenvalue weighted by Crippen LogP contribution is 2.35. The van der Waals surface area contributed by atoms with Crippen LogP contribution in [0.25, 0.3) is 0 Å². The first-order valence-corrected chi connectivity index (χ1v) is 9.22. The first-order valence-electron chi connectivity index (χ1n) is 9.22. The highest BCUT2D eigenvalue weighted by atomic mass is 16.5. The molecule has 2 aromatic carbocycles. The minimum atomic E-state index is -0.776. The summed E-state index contributed by atoms with van der Waals surface area (Å²) in [5.41, 5.74) is 2.05. The molecule has 0 radical (unpaired) electrons. The zero-order valence-corrected chi connectivity index (χ0v) is 16.4. The topological polar surface area (TPSA) is 85.9 Å². The number of rotatable bonds is 7. The normalized spacial score (nSPS) is 18.4. The summed E-state index contributed by atoms with van der Waals surface area (Å²) >= 11 is 0. The Bertz CT molecular complexity index is 897. The van der Waals surface area contributed by atoms with Crippen LogP contribution in [0.5, 0.6) is 11.5 Å². The average molecular weight is 396 g/mol. The standard InChI is InChI=1S/C22H24N2O5/c1-14-19(21(25)29-12-11-15-7-5-4-6-8-15)20(24-22(26)23-14)16-9-10-17(27-2)18(13-16)28-3/h4-10,13,19-20H,1,11-12H2,2-3H3,(H2,23,24,26). The monoisotopic (exact) mass is 396 g/mol. The zero-order chi connectivity index (χ0) is 20.8. The van der Waals surface area contributed by atoms with Gasteiger partial charge >= 0.3 is 12.0 Å². The largest absolute Gasteiger partial charge is 0.493 e. The van der Waals surface area contributed by atoms with Crippen LogP contribution in [0.15, 0.2) is 60.8 Å². The van der Waals surface area contributed by atoms with Crippen LogP contribution in [0.3, 0.4) is 0 Å². The summed E-state index contributed by atoms with van der Waals surface area (Å²) in [4.78, 5) is 24.8. The van der Waals surface area contributed by atoms with Crippen molar-refractivity contribution in [2.75, 3.05) is 20.8 Å². The summed E-state index contributed by atoms with van der Waals surface area (Å²) in [5.74, 6) is -0.184. The number of benzene rings is 2. The number of methoxy groups -OCH3 is 2. The van der Waals surface area contributed by atoms with Gasteiger partial charge in [-0.3, -0.25) is 4.79 Å². The molecule has 29 heavy (non-hydrogen) atoms. The molecule has 0 bridgehead atoms. The second-order valence-electron chi connectivity index (χ2n) is 6.60. The van der Waals surface area contributed by atoms with E-state index >= 15 is 0 Å². The Balaban J connectivity index is 1.77. The Labute approximate surface area is 169 Å². The van der Waals surface area contributed by atoms with Gasteiger partial charge in [0, 0.05) is 12.1 Å². The van der Waals surface area contributed by atoms with Crippen molar-refractivity contribution in [2.45, 2.75) is 12.5 Å². The summed E-state index contributed by atoms with van der Waals surface area (Å²) < 4.78 is 16.1. The molecule has 2 N–H and O–H groups in total. The van der Waals surface area contributed by atoms with Crippen LogP contribution in [0.1, 0.15) is 17.2 Å². The lowest BCUT2D eigenvalue weighted by Crippen LogP contribution is -2.51. The Morgan fingerprint density at radius 3 is 2.48 bits per heavy atom. The van der Waals surface area contributed by atoms with E-state index in [9.17, 15) is 9.59 Å². The number of amides is 2. The summed E-state index contributed by atoms with van der Waals surface area (Å²) in [6.07, 6.45) is 0.604. The van der Waals surface area contributed by atoms with Crippen molar-refractivity contribution in [1.82, 2.24) is 10.6 Å². The molecule has 3 rings (SSSR count).